The van der Waals surface area contributed by atoms with Crippen LogP contribution in [0, 0.1) is 0 Å². The van der Waals surface area contributed by atoms with Gasteiger partial charge in [-0.25, -0.2) is 15.0 Å². The minimum atomic E-state index is 0.588. The lowest BCUT2D eigenvalue weighted by molar-refractivity contribution is 0.668. The van der Waals surface area contributed by atoms with E-state index in [1.807, 2.05) is 42.5 Å². The first kappa shape index (κ1) is 30.5. The molecule has 0 saturated heterocycles. The molecule has 1 aliphatic carbocycles. The molecule has 0 aliphatic heterocycles. The number of rotatable bonds is 5. The highest BCUT2D eigenvalue weighted by Gasteiger charge is 2.22. The van der Waals surface area contributed by atoms with E-state index in [-0.39, 0.29) is 0 Å². The molecule has 0 atom stereocenters. The summed E-state index contributed by atoms with van der Waals surface area (Å²) in [6.45, 7) is 0. The van der Waals surface area contributed by atoms with Crippen LogP contribution in [0.1, 0.15) is 17.5 Å². The van der Waals surface area contributed by atoms with Crippen molar-refractivity contribution in [1.82, 2.24) is 15.0 Å². The van der Waals surface area contributed by atoms with Crippen molar-refractivity contribution in [2.24, 2.45) is 0 Å². The van der Waals surface area contributed by atoms with E-state index in [1.54, 1.807) is 0 Å². The highest BCUT2D eigenvalue weighted by molar-refractivity contribution is 6.20. The van der Waals surface area contributed by atoms with Crippen LogP contribution in [0.15, 0.2) is 167 Å². The lowest BCUT2D eigenvalue weighted by Gasteiger charge is -2.13. The van der Waals surface area contributed by atoms with Crippen LogP contribution in [-0.2, 0) is 6.42 Å². The van der Waals surface area contributed by atoms with Crippen LogP contribution in [0.4, 0.5) is 0 Å². The summed E-state index contributed by atoms with van der Waals surface area (Å²) in [6, 6.07) is 52.3. The van der Waals surface area contributed by atoms with Gasteiger partial charge in [0.2, 0.25) is 0 Å². The third-order valence-electron chi connectivity index (χ3n) is 10.6. The van der Waals surface area contributed by atoms with Gasteiger partial charge in [0.25, 0.3) is 0 Å². The Morgan fingerprint density at radius 3 is 1.89 bits per heavy atom. The number of aryl methyl sites for hydroxylation is 1. The predicted octanol–water partition coefficient (Wildman–Crippen LogP) is 13.0. The molecule has 0 N–H and O–H groups in total. The summed E-state index contributed by atoms with van der Waals surface area (Å²) < 4.78 is 13.1. The molecule has 254 valence electrons. The number of hydrogen-bond acceptors (Lipinski definition) is 5. The van der Waals surface area contributed by atoms with Gasteiger partial charge in [0, 0.05) is 43.8 Å². The molecule has 0 saturated carbocycles. The first-order valence-corrected chi connectivity index (χ1v) is 18.3. The van der Waals surface area contributed by atoms with Crippen molar-refractivity contribution in [3.63, 3.8) is 0 Å². The minimum Gasteiger partial charge on any atom is -0.456 e. The fraction of sp³-hybridized carbons (Fsp3) is 0.0408. The second kappa shape index (κ2) is 12.2. The highest BCUT2D eigenvalue weighted by Crippen LogP contribution is 2.44. The Labute approximate surface area is 310 Å². The van der Waals surface area contributed by atoms with Gasteiger partial charge in [0.1, 0.15) is 22.3 Å². The molecule has 0 fully saturated rings. The molecule has 0 spiro atoms. The van der Waals surface area contributed by atoms with Crippen LogP contribution < -0.4 is 0 Å². The zero-order valence-electron chi connectivity index (χ0n) is 29.2. The van der Waals surface area contributed by atoms with Crippen molar-refractivity contribution < 1.29 is 8.83 Å². The SMILES string of the molecule is C1=Cc2ccc(-c3nc(-c4ccc(-c5ccccc5)cc4)nc(-c4cccc5oc6cccc(-c7cccc8c7oc7ccccc78)c6c45)n3)cc2CC1. The van der Waals surface area contributed by atoms with Gasteiger partial charge in [-0.1, -0.05) is 140 Å². The number of para-hydroxylation sites is 2. The van der Waals surface area contributed by atoms with Gasteiger partial charge in [0.15, 0.2) is 17.5 Å². The van der Waals surface area contributed by atoms with Crippen LogP contribution in [0.25, 0.3) is 106 Å². The Morgan fingerprint density at radius 1 is 0.426 bits per heavy atom. The van der Waals surface area contributed by atoms with Crippen molar-refractivity contribution in [3.05, 3.63) is 169 Å². The van der Waals surface area contributed by atoms with Crippen molar-refractivity contribution >= 4 is 50.0 Å². The number of benzene rings is 7. The first-order valence-electron chi connectivity index (χ1n) is 18.3. The van der Waals surface area contributed by atoms with E-state index < -0.39 is 0 Å². The van der Waals surface area contributed by atoms with E-state index in [4.69, 9.17) is 23.8 Å². The van der Waals surface area contributed by atoms with Gasteiger partial charge in [-0.05, 0) is 64.9 Å². The van der Waals surface area contributed by atoms with Crippen LogP contribution in [0.5, 0.6) is 0 Å². The van der Waals surface area contributed by atoms with E-state index in [1.165, 1.54) is 11.1 Å². The van der Waals surface area contributed by atoms with Crippen molar-refractivity contribution in [3.8, 4) is 56.4 Å². The van der Waals surface area contributed by atoms with Gasteiger partial charge < -0.3 is 8.83 Å². The maximum Gasteiger partial charge on any atom is 0.164 e. The lowest BCUT2D eigenvalue weighted by Crippen LogP contribution is -2.02. The molecule has 11 rings (SSSR count). The molecule has 7 aromatic carbocycles. The monoisotopic (exact) mass is 693 g/mol. The molecule has 10 aromatic rings. The normalized spacial score (nSPS) is 12.6. The summed E-state index contributed by atoms with van der Waals surface area (Å²) in [4.78, 5) is 15.6. The van der Waals surface area contributed by atoms with Crippen LogP contribution in [-0.4, -0.2) is 15.0 Å². The molecule has 0 bridgehead atoms. The third kappa shape index (κ3) is 4.97. The van der Waals surface area contributed by atoms with Crippen molar-refractivity contribution in [1.29, 1.82) is 0 Å². The number of hydrogen-bond donors (Lipinski definition) is 0. The van der Waals surface area contributed by atoms with E-state index in [0.29, 0.717) is 17.5 Å². The van der Waals surface area contributed by atoms with Crippen LogP contribution in [0.3, 0.4) is 0 Å². The average molecular weight is 694 g/mol. The molecule has 5 heteroatoms. The smallest absolute Gasteiger partial charge is 0.164 e. The van der Waals surface area contributed by atoms with E-state index in [9.17, 15) is 0 Å². The van der Waals surface area contributed by atoms with Crippen LogP contribution >= 0.6 is 0 Å². The first-order chi connectivity index (χ1) is 26.7. The summed E-state index contributed by atoms with van der Waals surface area (Å²) in [5.41, 5.74) is 12.9. The molecule has 54 heavy (non-hydrogen) atoms. The molecule has 3 heterocycles. The zero-order valence-corrected chi connectivity index (χ0v) is 29.2. The van der Waals surface area contributed by atoms with Crippen molar-refractivity contribution in [2.75, 3.05) is 0 Å². The number of fused-ring (bicyclic) bond motifs is 7. The fourth-order valence-corrected chi connectivity index (χ4v) is 8.01. The van der Waals surface area contributed by atoms with Crippen LogP contribution in [0.2, 0.25) is 0 Å². The number of allylic oxidation sites excluding steroid dienone is 1. The molecule has 1 aliphatic rings. The second-order valence-electron chi connectivity index (χ2n) is 13.8. The largest absolute Gasteiger partial charge is 0.456 e. The Kier molecular flexibility index (Phi) is 6.92. The number of aromatic nitrogens is 3. The van der Waals surface area contributed by atoms with Gasteiger partial charge >= 0.3 is 0 Å². The molecule has 3 aromatic heterocycles. The number of nitrogens with zero attached hydrogens (tertiary/aromatic N) is 3. The van der Waals surface area contributed by atoms with Gasteiger partial charge in [0.05, 0.1) is 0 Å². The summed E-state index contributed by atoms with van der Waals surface area (Å²) in [7, 11) is 0. The average Bonchev–Trinajstić information content (AvgIpc) is 3.83. The maximum atomic E-state index is 6.59. The Morgan fingerprint density at radius 2 is 1.04 bits per heavy atom. The fourth-order valence-electron chi connectivity index (χ4n) is 8.01. The van der Waals surface area contributed by atoms with E-state index >= 15 is 0 Å². The quantitative estimate of drug-likeness (QED) is 0.179. The molecule has 5 nitrogen and oxygen atoms in total. The minimum absolute atomic E-state index is 0.588. The van der Waals surface area contributed by atoms with Gasteiger partial charge in [-0.15, -0.1) is 0 Å². The molecule has 0 unspecified atom stereocenters. The lowest BCUT2D eigenvalue weighted by atomic mass is 9.95. The summed E-state index contributed by atoms with van der Waals surface area (Å²) >= 11 is 0. The third-order valence-corrected chi connectivity index (χ3v) is 10.6. The molecule has 0 amide bonds. The van der Waals surface area contributed by atoms with E-state index in [2.05, 4.69) is 121 Å². The Bertz CT molecular complexity index is 3100. The van der Waals surface area contributed by atoms with Gasteiger partial charge in [-0.3, -0.25) is 0 Å². The Balaban J connectivity index is 1.14. The molecular formula is C49H31N3O2. The summed E-state index contributed by atoms with van der Waals surface area (Å²) in [5, 5.41) is 4.12. The second-order valence-corrected chi connectivity index (χ2v) is 13.8. The number of furan rings is 2. The summed E-state index contributed by atoms with van der Waals surface area (Å²) in [5.74, 6) is 1.84. The maximum absolute atomic E-state index is 6.59. The summed E-state index contributed by atoms with van der Waals surface area (Å²) in [6.07, 6.45) is 6.46. The van der Waals surface area contributed by atoms with E-state index in [0.717, 1.165) is 95.7 Å². The topological polar surface area (TPSA) is 65.0 Å². The molecular weight excluding hydrogens is 663 g/mol. The zero-order chi connectivity index (χ0) is 35.6. The standard InChI is InChI=1S/C49H31N3O2/c1-2-11-30(12-3-1)32-23-26-33(27-24-32)47-50-48(35-28-25-31-13-4-5-14-34(31)29-35)52-49(51-47)40-19-10-22-43-45(40)44-37(16-9-21-42(44)53-43)39-18-8-17-38-36-15-6-7-20-41(36)54-46(38)39/h1-4,6-13,15-29H,5,14H2. The highest BCUT2D eigenvalue weighted by atomic mass is 16.3. The van der Waals surface area contributed by atoms with Gasteiger partial charge in [-0.2, -0.15) is 0 Å². The van der Waals surface area contributed by atoms with Crippen molar-refractivity contribution in [2.45, 2.75) is 12.8 Å². The molecule has 0 radical (unpaired) electrons. The Hall–Kier alpha value is -7.11. The predicted molar refractivity (Wildman–Crippen MR) is 219 cm³/mol.